The van der Waals surface area contributed by atoms with E-state index in [4.69, 9.17) is 4.52 Å². The van der Waals surface area contributed by atoms with Crippen LogP contribution in [0.5, 0.6) is 0 Å². The van der Waals surface area contributed by atoms with Gasteiger partial charge in [-0.1, -0.05) is 25.9 Å². The summed E-state index contributed by atoms with van der Waals surface area (Å²) >= 11 is 0. The molecule has 1 aromatic heterocycles. The summed E-state index contributed by atoms with van der Waals surface area (Å²) in [6, 6.07) is 2.10. The molecule has 0 aliphatic carbocycles. The SMILES string of the molecule is CC(C)CNCc1cc(CN2CCCC(C)CC2)on1. The number of nitrogens with one attached hydrogen (secondary N) is 1. The van der Waals surface area contributed by atoms with Gasteiger partial charge in [0, 0.05) is 12.6 Å². The number of aromatic nitrogens is 1. The molecule has 2 rings (SSSR count). The average Bonchev–Trinajstić information content (AvgIpc) is 2.72. The Morgan fingerprint density at radius 1 is 1.40 bits per heavy atom. The largest absolute Gasteiger partial charge is 0.360 e. The Hall–Kier alpha value is -0.870. The number of nitrogens with zero attached hydrogens (tertiary/aromatic N) is 2. The van der Waals surface area contributed by atoms with Gasteiger partial charge in [0.25, 0.3) is 0 Å². The Morgan fingerprint density at radius 2 is 2.25 bits per heavy atom. The predicted octanol–water partition coefficient (Wildman–Crippen LogP) is 3.04. The lowest BCUT2D eigenvalue weighted by molar-refractivity contribution is 0.236. The van der Waals surface area contributed by atoms with E-state index in [1.807, 2.05) is 0 Å². The zero-order valence-corrected chi connectivity index (χ0v) is 13.2. The van der Waals surface area contributed by atoms with Gasteiger partial charge in [-0.05, 0) is 50.7 Å². The number of hydrogen-bond acceptors (Lipinski definition) is 4. The first kappa shape index (κ1) is 15.5. The maximum absolute atomic E-state index is 5.46. The van der Waals surface area contributed by atoms with Gasteiger partial charge in [0.15, 0.2) is 5.76 Å². The minimum absolute atomic E-state index is 0.667. The van der Waals surface area contributed by atoms with Crippen molar-refractivity contribution in [1.82, 2.24) is 15.4 Å². The Morgan fingerprint density at radius 3 is 3.05 bits per heavy atom. The van der Waals surface area contributed by atoms with Crippen LogP contribution in [0.25, 0.3) is 0 Å². The zero-order valence-electron chi connectivity index (χ0n) is 13.2. The van der Waals surface area contributed by atoms with Crippen LogP contribution in [0.15, 0.2) is 10.6 Å². The third-order valence-corrected chi connectivity index (χ3v) is 3.96. The molecule has 1 atom stereocenters. The molecule has 1 unspecified atom stereocenters. The van der Waals surface area contributed by atoms with Gasteiger partial charge >= 0.3 is 0 Å². The van der Waals surface area contributed by atoms with Crippen LogP contribution in [0.3, 0.4) is 0 Å². The van der Waals surface area contributed by atoms with Gasteiger partial charge in [-0.2, -0.15) is 0 Å². The van der Waals surface area contributed by atoms with E-state index < -0.39 is 0 Å². The van der Waals surface area contributed by atoms with Gasteiger partial charge in [-0.3, -0.25) is 4.90 Å². The lowest BCUT2D eigenvalue weighted by Crippen LogP contribution is -2.24. The quantitative estimate of drug-likeness (QED) is 0.869. The van der Waals surface area contributed by atoms with Crippen LogP contribution in [0.2, 0.25) is 0 Å². The van der Waals surface area contributed by atoms with Gasteiger partial charge in [0.05, 0.1) is 12.2 Å². The van der Waals surface area contributed by atoms with E-state index in [1.165, 1.54) is 32.4 Å². The van der Waals surface area contributed by atoms with E-state index in [9.17, 15) is 0 Å². The monoisotopic (exact) mass is 279 g/mol. The maximum Gasteiger partial charge on any atom is 0.151 e. The highest BCUT2D eigenvalue weighted by atomic mass is 16.5. The minimum atomic E-state index is 0.667. The van der Waals surface area contributed by atoms with Gasteiger partial charge in [-0.15, -0.1) is 0 Å². The van der Waals surface area contributed by atoms with E-state index in [2.05, 4.69) is 42.2 Å². The third kappa shape index (κ3) is 5.25. The van der Waals surface area contributed by atoms with Crippen LogP contribution in [0.4, 0.5) is 0 Å². The molecule has 1 aliphatic heterocycles. The molecule has 0 bridgehead atoms. The Bertz CT molecular complexity index is 389. The summed E-state index contributed by atoms with van der Waals surface area (Å²) in [7, 11) is 0. The average molecular weight is 279 g/mol. The fourth-order valence-corrected chi connectivity index (χ4v) is 2.70. The molecule has 20 heavy (non-hydrogen) atoms. The summed E-state index contributed by atoms with van der Waals surface area (Å²) < 4.78 is 5.46. The Balaban J connectivity index is 1.77. The van der Waals surface area contributed by atoms with Crippen molar-refractivity contribution in [3.05, 3.63) is 17.5 Å². The van der Waals surface area contributed by atoms with Crippen LogP contribution in [0.1, 0.15) is 51.5 Å². The highest BCUT2D eigenvalue weighted by molar-refractivity contribution is 5.05. The lowest BCUT2D eigenvalue weighted by Gasteiger charge is -2.17. The first-order chi connectivity index (χ1) is 9.63. The van der Waals surface area contributed by atoms with Crippen LogP contribution in [0, 0.1) is 11.8 Å². The van der Waals surface area contributed by atoms with Crippen molar-refractivity contribution in [3.63, 3.8) is 0 Å². The number of hydrogen-bond donors (Lipinski definition) is 1. The smallest absolute Gasteiger partial charge is 0.151 e. The van der Waals surface area contributed by atoms with Gasteiger partial charge < -0.3 is 9.84 Å². The van der Waals surface area contributed by atoms with Crippen molar-refractivity contribution in [3.8, 4) is 0 Å². The van der Waals surface area contributed by atoms with E-state index in [-0.39, 0.29) is 0 Å². The summed E-state index contributed by atoms with van der Waals surface area (Å²) in [6.07, 6.45) is 3.96. The Kier molecular flexibility index (Phi) is 6.05. The molecule has 114 valence electrons. The minimum Gasteiger partial charge on any atom is -0.360 e. The molecule has 0 amide bonds. The summed E-state index contributed by atoms with van der Waals surface area (Å²) in [4.78, 5) is 2.50. The van der Waals surface area contributed by atoms with Crippen molar-refractivity contribution >= 4 is 0 Å². The molecule has 0 saturated carbocycles. The highest BCUT2D eigenvalue weighted by Crippen LogP contribution is 2.18. The first-order valence-corrected chi connectivity index (χ1v) is 8.01. The van der Waals surface area contributed by atoms with E-state index >= 15 is 0 Å². The summed E-state index contributed by atoms with van der Waals surface area (Å²) in [5, 5.41) is 7.55. The van der Waals surface area contributed by atoms with E-state index in [0.29, 0.717) is 5.92 Å². The Labute approximate surface area is 122 Å². The van der Waals surface area contributed by atoms with Crippen molar-refractivity contribution in [2.24, 2.45) is 11.8 Å². The summed E-state index contributed by atoms with van der Waals surface area (Å²) in [5.41, 5.74) is 1.02. The van der Waals surface area contributed by atoms with Crippen molar-refractivity contribution < 1.29 is 4.52 Å². The molecule has 1 N–H and O–H groups in total. The molecule has 0 aromatic carbocycles. The predicted molar refractivity (Wildman–Crippen MR) is 81.3 cm³/mol. The standard InChI is InChI=1S/C16H29N3O/c1-13(2)10-17-11-15-9-16(20-18-15)12-19-7-4-5-14(3)6-8-19/h9,13-14,17H,4-8,10-12H2,1-3H3. The maximum atomic E-state index is 5.46. The second-order valence-corrected chi connectivity index (χ2v) is 6.62. The molecule has 1 aliphatic rings. The summed E-state index contributed by atoms with van der Waals surface area (Å²) in [5.74, 6) is 2.53. The van der Waals surface area contributed by atoms with Crippen LogP contribution < -0.4 is 5.32 Å². The molecule has 1 saturated heterocycles. The summed E-state index contributed by atoms with van der Waals surface area (Å²) in [6.45, 7) is 11.9. The third-order valence-electron chi connectivity index (χ3n) is 3.96. The normalized spacial score (nSPS) is 21.3. The molecule has 2 heterocycles. The van der Waals surface area contributed by atoms with Crippen molar-refractivity contribution in [2.45, 2.75) is 53.1 Å². The number of rotatable bonds is 6. The fourth-order valence-electron chi connectivity index (χ4n) is 2.70. The van der Waals surface area contributed by atoms with Gasteiger partial charge in [0.1, 0.15) is 0 Å². The fraction of sp³-hybridized carbons (Fsp3) is 0.812. The highest BCUT2D eigenvalue weighted by Gasteiger charge is 2.15. The molecular formula is C16H29N3O. The number of likely N-dealkylation sites (tertiary alicyclic amines) is 1. The van der Waals surface area contributed by atoms with Gasteiger partial charge in [-0.25, -0.2) is 0 Å². The van der Waals surface area contributed by atoms with E-state index in [0.717, 1.165) is 37.0 Å². The molecular weight excluding hydrogens is 250 g/mol. The molecule has 1 fully saturated rings. The second kappa shape index (κ2) is 7.79. The topological polar surface area (TPSA) is 41.3 Å². The second-order valence-electron chi connectivity index (χ2n) is 6.62. The van der Waals surface area contributed by atoms with Crippen LogP contribution >= 0.6 is 0 Å². The molecule has 0 radical (unpaired) electrons. The molecule has 1 aromatic rings. The van der Waals surface area contributed by atoms with E-state index in [1.54, 1.807) is 0 Å². The zero-order chi connectivity index (χ0) is 14.4. The lowest BCUT2D eigenvalue weighted by atomic mass is 10.0. The molecule has 0 spiro atoms. The molecule has 4 nitrogen and oxygen atoms in total. The van der Waals surface area contributed by atoms with Crippen LogP contribution in [-0.4, -0.2) is 29.7 Å². The van der Waals surface area contributed by atoms with Gasteiger partial charge in [0.2, 0.25) is 0 Å². The van der Waals surface area contributed by atoms with Crippen molar-refractivity contribution in [1.29, 1.82) is 0 Å². The van der Waals surface area contributed by atoms with Crippen LogP contribution in [-0.2, 0) is 13.1 Å². The molecule has 4 heteroatoms. The van der Waals surface area contributed by atoms with Crippen molar-refractivity contribution in [2.75, 3.05) is 19.6 Å². The first-order valence-electron chi connectivity index (χ1n) is 8.01.